The smallest absolute Gasteiger partial charge is 0.243 e. The van der Waals surface area contributed by atoms with Crippen LogP contribution in [-0.4, -0.2) is 45.2 Å². The first kappa shape index (κ1) is 19.2. The molecular weight excluding hydrogens is 316 g/mol. The topological polar surface area (TPSA) is 74.8 Å². The van der Waals surface area contributed by atoms with Gasteiger partial charge in [0.15, 0.2) is 5.96 Å². The second-order valence-corrected chi connectivity index (χ2v) is 6.33. The van der Waals surface area contributed by atoms with E-state index in [1.54, 1.807) is 7.05 Å². The quantitative estimate of drug-likeness (QED) is 0.345. The van der Waals surface area contributed by atoms with Gasteiger partial charge < -0.3 is 20.7 Å². The summed E-state index contributed by atoms with van der Waals surface area (Å²) in [7, 11) is 1.70. The molecule has 1 aromatic rings. The molecule has 1 amide bonds. The fourth-order valence-corrected chi connectivity index (χ4v) is 2.37. The maximum Gasteiger partial charge on any atom is 0.243 e. The molecule has 1 aromatic carbocycles. The number of ether oxygens (including phenoxy) is 1. The van der Waals surface area contributed by atoms with Crippen molar-refractivity contribution in [1.29, 1.82) is 0 Å². The van der Waals surface area contributed by atoms with E-state index >= 15 is 0 Å². The molecule has 25 heavy (non-hydrogen) atoms. The summed E-state index contributed by atoms with van der Waals surface area (Å²) in [5, 5.41) is 9.11. The van der Waals surface area contributed by atoms with Gasteiger partial charge in [0.25, 0.3) is 0 Å². The Labute approximate surface area is 150 Å². The van der Waals surface area contributed by atoms with E-state index in [9.17, 15) is 4.79 Å². The van der Waals surface area contributed by atoms with E-state index in [0.29, 0.717) is 5.96 Å². The Morgan fingerprint density at radius 2 is 2.16 bits per heavy atom. The van der Waals surface area contributed by atoms with Gasteiger partial charge in [-0.2, -0.15) is 0 Å². The molecular formula is C19H30N4O2. The van der Waals surface area contributed by atoms with Gasteiger partial charge >= 0.3 is 0 Å². The van der Waals surface area contributed by atoms with Crippen molar-refractivity contribution in [2.24, 2.45) is 10.9 Å². The number of carbonyl (C=O) groups excluding carboxylic acids is 1. The summed E-state index contributed by atoms with van der Waals surface area (Å²) in [5.74, 6) is 1.34. The fraction of sp³-hybridized carbons (Fsp3) is 0.579. The number of anilines is 1. The normalized spacial score (nSPS) is 14.2. The number of nitrogens with one attached hydrogen (secondary N) is 3. The zero-order valence-corrected chi connectivity index (χ0v) is 15.3. The minimum absolute atomic E-state index is 0.0935. The highest BCUT2D eigenvalue weighted by atomic mass is 16.5. The van der Waals surface area contributed by atoms with Crippen molar-refractivity contribution in [3.63, 3.8) is 0 Å². The molecule has 0 heterocycles. The van der Waals surface area contributed by atoms with E-state index in [1.165, 1.54) is 18.4 Å². The van der Waals surface area contributed by atoms with Gasteiger partial charge in [-0.3, -0.25) is 9.79 Å². The summed E-state index contributed by atoms with van der Waals surface area (Å²) in [6.07, 6.45) is 4.51. The number of guanidine groups is 1. The van der Waals surface area contributed by atoms with Crippen LogP contribution in [0.4, 0.5) is 5.69 Å². The minimum atomic E-state index is -0.0935. The Morgan fingerprint density at radius 3 is 2.88 bits per heavy atom. The first-order valence-corrected chi connectivity index (χ1v) is 9.12. The van der Waals surface area contributed by atoms with E-state index in [2.05, 4.69) is 27.9 Å². The molecule has 0 atom stereocenters. The van der Waals surface area contributed by atoms with Gasteiger partial charge in [-0.25, -0.2) is 0 Å². The molecule has 2 rings (SSSR count). The zero-order valence-electron chi connectivity index (χ0n) is 15.3. The Kier molecular flexibility index (Phi) is 8.25. The van der Waals surface area contributed by atoms with Crippen molar-refractivity contribution in [3.05, 3.63) is 29.8 Å². The average molecular weight is 346 g/mol. The van der Waals surface area contributed by atoms with E-state index in [1.807, 2.05) is 24.3 Å². The molecule has 6 nitrogen and oxygen atoms in total. The lowest BCUT2D eigenvalue weighted by atomic mass is 10.1. The molecule has 0 saturated heterocycles. The zero-order chi connectivity index (χ0) is 17.9. The predicted octanol–water partition coefficient (Wildman–Crippen LogP) is 2.17. The van der Waals surface area contributed by atoms with Gasteiger partial charge in [0, 0.05) is 32.5 Å². The molecule has 0 aromatic heterocycles. The van der Waals surface area contributed by atoms with Gasteiger partial charge in [0.05, 0.1) is 6.54 Å². The number of amides is 1. The summed E-state index contributed by atoms with van der Waals surface area (Å²) in [6, 6.07) is 7.89. The monoisotopic (exact) mass is 346 g/mol. The van der Waals surface area contributed by atoms with Crippen molar-refractivity contribution in [2.45, 2.75) is 32.6 Å². The Balaban J connectivity index is 1.59. The maximum atomic E-state index is 12.0. The first-order chi connectivity index (χ1) is 12.2. The average Bonchev–Trinajstić information content (AvgIpc) is 3.45. The number of carbonyl (C=O) groups is 1. The number of benzene rings is 1. The van der Waals surface area contributed by atoms with Gasteiger partial charge in [-0.05, 0) is 49.3 Å². The first-order valence-electron chi connectivity index (χ1n) is 9.12. The van der Waals surface area contributed by atoms with Crippen molar-refractivity contribution in [1.82, 2.24) is 10.6 Å². The fourth-order valence-electron chi connectivity index (χ4n) is 2.37. The summed E-state index contributed by atoms with van der Waals surface area (Å²) < 4.78 is 5.59. The highest BCUT2D eigenvalue weighted by Crippen LogP contribution is 2.28. The molecule has 0 aliphatic heterocycles. The van der Waals surface area contributed by atoms with Gasteiger partial charge in [-0.15, -0.1) is 0 Å². The second-order valence-electron chi connectivity index (χ2n) is 6.33. The molecule has 0 radical (unpaired) electrons. The molecule has 0 spiro atoms. The highest BCUT2D eigenvalue weighted by molar-refractivity contribution is 5.95. The largest absolute Gasteiger partial charge is 0.381 e. The molecule has 0 bridgehead atoms. The lowest BCUT2D eigenvalue weighted by molar-refractivity contribution is -0.115. The molecule has 6 heteroatoms. The molecule has 138 valence electrons. The van der Waals surface area contributed by atoms with E-state index in [4.69, 9.17) is 4.74 Å². The van der Waals surface area contributed by atoms with Gasteiger partial charge in [0.1, 0.15) is 0 Å². The van der Waals surface area contributed by atoms with E-state index < -0.39 is 0 Å². The third-order valence-electron chi connectivity index (χ3n) is 4.07. The van der Waals surface area contributed by atoms with Crippen LogP contribution in [0.25, 0.3) is 0 Å². The van der Waals surface area contributed by atoms with Gasteiger partial charge in [0.2, 0.25) is 5.91 Å². The predicted molar refractivity (Wildman–Crippen MR) is 102 cm³/mol. The van der Waals surface area contributed by atoms with Crippen LogP contribution in [0.1, 0.15) is 31.7 Å². The number of nitrogens with zero attached hydrogens (tertiary/aromatic N) is 1. The van der Waals surface area contributed by atoms with Crippen LogP contribution < -0.4 is 16.0 Å². The molecule has 1 fully saturated rings. The summed E-state index contributed by atoms with van der Waals surface area (Å²) in [4.78, 5) is 16.2. The van der Waals surface area contributed by atoms with Crippen LogP contribution in [0.2, 0.25) is 0 Å². The number of hydrogen-bond donors (Lipinski definition) is 3. The Morgan fingerprint density at radius 1 is 1.32 bits per heavy atom. The van der Waals surface area contributed by atoms with Crippen LogP contribution in [0, 0.1) is 5.92 Å². The van der Waals surface area contributed by atoms with Crippen LogP contribution >= 0.6 is 0 Å². The van der Waals surface area contributed by atoms with Crippen molar-refractivity contribution in [3.8, 4) is 0 Å². The SMILES string of the molecule is CCc1cccc(NC(=O)CNC(=NC)NCCCOCC2CC2)c1. The molecule has 1 aliphatic rings. The van der Waals surface area contributed by atoms with Crippen LogP contribution in [0.3, 0.4) is 0 Å². The lowest BCUT2D eigenvalue weighted by Gasteiger charge is -2.12. The van der Waals surface area contributed by atoms with Crippen LogP contribution in [-0.2, 0) is 16.0 Å². The Hall–Kier alpha value is -2.08. The van der Waals surface area contributed by atoms with Crippen molar-refractivity contribution in [2.75, 3.05) is 38.7 Å². The number of aliphatic imine (C=N–C) groups is 1. The Bertz CT molecular complexity index is 570. The molecule has 1 aliphatic carbocycles. The van der Waals surface area contributed by atoms with E-state index in [0.717, 1.165) is 44.2 Å². The second kappa shape index (κ2) is 10.7. The number of rotatable bonds is 10. The lowest BCUT2D eigenvalue weighted by Crippen LogP contribution is -2.41. The molecule has 0 unspecified atom stereocenters. The third-order valence-corrected chi connectivity index (χ3v) is 4.07. The summed E-state index contributed by atoms with van der Waals surface area (Å²) in [6.45, 7) is 4.69. The summed E-state index contributed by atoms with van der Waals surface area (Å²) >= 11 is 0. The highest BCUT2D eigenvalue weighted by Gasteiger charge is 2.20. The van der Waals surface area contributed by atoms with Crippen molar-refractivity contribution >= 4 is 17.6 Å². The molecule has 1 saturated carbocycles. The number of aryl methyl sites for hydroxylation is 1. The van der Waals surface area contributed by atoms with E-state index in [-0.39, 0.29) is 12.5 Å². The number of hydrogen-bond acceptors (Lipinski definition) is 3. The van der Waals surface area contributed by atoms with Crippen molar-refractivity contribution < 1.29 is 9.53 Å². The van der Waals surface area contributed by atoms with Crippen LogP contribution in [0.5, 0.6) is 0 Å². The van der Waals surface area contributed by atoms with Gasteiger partial charge in [-0.1, -0.05) is 19.1 Å². The summed E-state index contributed by atoms with van der Waals surface area (Å²) in [5.41, 5.74) is 2.02. The van der Waals surface area contributed by atoms with Crippen LogP contribution in [0.15, 0.2) is 29.3 Å². The third kappa shape index (κ3) is 8.03. The maximum absolute atomic E-state index is 12.0. The molecule has 3 N–H and O–H groups in total. The standard InChI is InChI=1S/C19H30N4O2/c1-3-15-6-4-7-17(12-15)23-18(24)13-22-19(20-2)21-10-5-11-25-14-16-8-9-16/h4,6-7,12,16H,3,5,8-11,13-14H2,1-2H3,(H,23,24)(H2,20,21,22). The minimum Gasteiger partial charge on any atom is -0.381 e.